The topological polar surface area (TPSA) is 0 Å². The molecule has 0 heterocycles. The third kappa shape index (κ3) is 4.59. The summed E-state index contributed by atoms with van der Waals surface area (Å²) in [5.41, 5.74) is 4.01. The molecular formula is C19H20. The molecule has 2 aromatic rings. The van der Waals surface area contributed by atoms with Crippen molar-refractivity contribution in [2.45, 2.75) is 19.8 Å². The van der Waals surface area contributed by atoms with Crippen molar-refractivity contribution < 1.29 is 0 Å². The van der Waals surface area contributed by atoms with Gasteiger partial charge in [-0.1, -0.05) is 78.9 Å². The Morgan fingerprint density at radius 1 is 0.842 bits per heavy atom. The number of allylic oxidation sites excluding steroid dienone is 4. The highest BCUT2D eigenvalue weighted by atomic mass is 14.0. The summed E-state index contributed by atoms with van der Waals surface area (Å²) in [6.45, 7) is 2.17. The van der Waals surface area contributed by atoms with E-state index < -0.39 is 0 Å². The lowest BCUT2D eigenvalue weighted by atomic mass is 10.1. The largest absolute Gasteiger partial charge is 0.0844 e. The summed E-state index contributed by atoms with van der Waals surface area (Å²) in [4.78, 5) is 0. The Bertz CT molecular complexity index is 533. The van der Waals surface area contributed by atoms with Crippen LogP contribution in [0.2, 0.25) is 0 Å². The van der Waals surface area contributed by atoms with Crippen molar-refractivity contribution >= 4 is 5.57 Å². The summed E-state index contributed by atoms with van der Waals surface area (Å²) >= 11 is 0. The minimum atomic E-state index is 0.994. The van der Waals surface area contributed by atoms with Crippen molar-refractivity contribution in [2.75, 3.05) is 0 Å². The Morgan fingerprint density at radius 2 is 1.47 bits per heavy atom. The van der Waals surface area contributed by atoms with Gasteiger partial charge in [-0.2, -0.15) is 0 Å². The van der Waals surface area contributed by atoms with Gasteiger partial charge in [0, 0.05) is 0 Å². The van der Waals surface area contributed by atoms with Crippen LogP contribution in [-0.2, 0) is 6.42 Å². The normalized spacial score (nSPS) is 11.9. The Hall–Kier alpha value is -2.08. The fraction of sp³-hybridized carbons (Fsp3) is 0.158. The lowest BCUT2D eigenvalue weighted by Crippen LogP contribution is -1.79. The molecule has 0 nitrogen and oxygen atoms in total. The molecule has 2 rings (SSSR count). The van der Waals surface area contributed by atoms with E-state index in [9.17, 15) is 0 Å². The molecule has 0 saturated heterocycles. The summed E-state index contributed by atoms with van der Waals surface area (Å²) in [7, 11) is 0. The molecule has 0 heteroatoms. The predicted octanol–water partition coefficient (Wildman–Crippen LogP) is 5.28. The van der Waals surface area contributed by atoms with Crippen LogP contribution in [0.3, 0.4) is 0 Å². The SMILES string of the molecule is C/C(=C\C/C=C\Cc1ccccc1)c1ccccc1. The average molecular weight is 248 g/mol. The maximum Gasteiger partial charge on any atom is -0.00973 e. The molecule has 19 heavy (non-hydrogen) atoms. The van der Waals surface area contributed by atoms with Crippen LogP contribution in [0, 0.1) is 0 Å². The van der Waals surface area contributed by atoms with Gasteiger partial charge >= 0.3 is 0 Å². The zero-order valence-electron chi connectivity index (χ0n) is 11.4. The second kappa shape index (κ2) is 7.38. The second-order valence-electron chi connectivity index (χ2n) is 4.65. The number of hydrogen-bond donors (Lipinski definition) is 0. The molecule has 0 fully saturated rings. The first-order chi connectivity index (χ1) is 9.36. The van der Waals surface area contributed by atoms with Gasteiger partial charge in [-0.15, -0.1) is 0 Å². The van der Waals surface area contributed by atoms with Crippen LogP contribution in [0.1, 0.15) is 24.5 Å². The highest BCUT2D eigenvalue weighted by Crippen LogP contribution is 2.13. The van der Waals surface area contributed by atoms with Crippen LogP contribution in [0.15, 0.2) is 78.9 Å². The maximum atomic E-state index is 2.27. The summed E-state index contributed by atoms with van der Waals surface area (Å²) < 4.78 is 0. The first kappa shape index (κ1) is 13.4. The molecule has 0 aliphatic rings. The average Bonchev–Trinajstić information content (AvgIpc) is 2.49. The second-order valence-corrected chi connectivity index (χ2v) is 4.65. The minimum absolute atomic E-state index is 0.994. The van der Waals surface area contributed by atoms with Crippen LogP contribution >= 0.6 is 0 Å². The Balaban J connectivity index is 1.83. The third-order valence-electron chi connectivity index (χ3n) is 3.15. The van der Waals surface area contributed by atoms with Crippen molar-refractivity contribution in [1.29, 1.82) is 0 Å². The zero-order valence-corrected chi connectivity index (χ0v) is 11.4. The van der Waals surface area contributed by atoms with Gasteiger partial charge in [-0.3, -0.25) is 0 Å². The fourth-order valence-corrected chi connectivity index (χ4v) is 1.99. The Labute approximate surface area is 116 Å². The maximum absolute atomic E-state index is 2.27. The molecule has 0 unspecified atom stereocenters. The van der Waals surface area contributed by atoms with E-state index in [4.69, 9.17) is 0 Å². The monoisotopic (exact) mass is 248 g/mol. The van der Waals surface area contributed by atoms with Gasteiger partial charge in [0.2, 0.25) is 0 Å². The Morgan fingerprint density at radius 3 is 2.16 bits per heavy atom. The molecular weight excluding hydrogens is 228 g/mol. The van der Waals surface area contributed by atoms with Crippen molar-refractivity contribution in [3.05, 3.63) is 90.0 Å². The standard InChI is InChI=1S/C19H20/c1-17(19-15-9-4-10-16-19)11-5-2-6-12-18-13-7-3-8-14-18/h2-4,6-11,13-16H,5,12H2,1H3/b6-2-,17-11+. The predicted molar refractivity (Wildman–Crippen MR) is 84.0 cm³/mol. The molecule has 0 radical (unpaired) electrons. The molecule has 0 bridgehead atoms. The molecule has 0 aromatic heterocycles. The smallest absolute Gasteiger partial charge is 0.00973 e. The summed E-state index contributed by atoms with van der Waals surface area (Å²) in [6, 6.07) is 21.1. The molecule has 0 aliphatic carbocycles. The van der Waals surface area contributed by atoms with Crippen molar-refractivity contribution in [3.63, 3.8) is 0 Å². The fourth-order valence-electron chi connectivity index (χ4n) is 1.99. The van der Waals surface area contributed by atoms with Crippen molar-refractivity contribution in [1.82, 2.24) is 0 Å². The van der Waals surface area contributed by atoms with Crippen molar-refractivity contribution in [3.8, 4) is 0 Å². The number of rotatable bonds is 5. The van der Waals surface area contributed by atoms with Gasteiger partial charge in [-0.25, -0.2) is 0 Å². The zero-order chi connectivity index (χ0) is 13.3. The highest BCUT2D eigenvalue weighted by Gasteiger charge is 1.91. The summed E-state index contributed by atoms with van der Waals surface area (Å²) in [5.74, 6) is 0. The molecule has 0 aliphatic heterocycles. The first-order valence-corrected chi connectivity index (χ1v) is 6.77. The molecule has 0 spiro atoms. The van der Waals surface area contributed by atoms with Gasteiger partial charge in [0.05, 0.1) is 0 Å². The van der Waals surface area contributed by atoms with Crippen LogP contribution < -0.4 is 0 Å². The van der Waals surface area contributed by atoms with Crippen LogP contribution in [0.4, 0.5) is 0 Å². The molecule has 96 valence electrons. The molecule has 0 atom stereocenters. The van der Waals surface area contributed by atoms with E-state index in [2.05, 4.69) is 85.8 Å². The van der Waals surface area contributed by atoms with E-state index >= 15 is 0 Å². The van der Waals surface area contributed by atoms with E-state index in [1.165, 1.54) is 16.7 Å². The first-order valence-electron chi connectivity index (χ1n) is 6.77. The molecule has 0 saturated carbocycles. The summed E-state index contributed by atoms with van der Waals surface area (Å²) in [6.07, 6.45) is 8.76. The van der Waals surface area contributed by atoms with Gasteiger partial charge < -0.3 is 0 Å². The molecule has 0 N–H and O–H groups in total. The Kier molecular flexibility index (Phi) is 5.18. The van der Waals surface area contributed by atoms with Crippen molar-refractivity contribution in [2.24, 2.45) is 0 Å². The van der Waals surface area contributed by atoms with Crippen LogP contribution in [0.5, 0.6) is 0 Å². The highest BCUT2D eigenvalue weighted by molar-refractivity contribution is 5.63. The van der Waals surface area contributed by atoms with Gasteiger partial charge in [0.1, 0.15) is 0 Å². The van der Waals surface area contributed by atoms with Crippen LogP contribution in [0.25, 0.3) is 5.57 Å². The van der Waals surface area contributed by atoms with Gasteiger partial charge in [0.25, 0.3) is 0 Å². The van der Waals surface area contributed by atoms with E-state index in [0.717, 1.165) is 12.8 Å². The third-order valence-corrected chi connectivity index (χ3v) is 3.15. The number of hydrogen-bond acceptors (Lipinski definition) is 0. The van der Waals surface area contributed by atoms with E-state index in [1.807, 2.05) is 0 Å². The van der Waals surface area contributed by atoms with Gasteiger partial charge in [-0.05, 0) is 36.5 Å². The quantitative estimate of drug-likeness (QED) is 0.631. The van der Waals surface area contributed by atoms with E-state index in [1.54, 1.807) is 0 Å². The van der Waals surface area contributed by atoms with E-state index in [0.29, 0.717) is 0 Å². The molecule has 2 aromatic carbocycles. The van der Waals surface area contributed by atoms with E-state index in [-0.39, 0.29) is 0 Å². The van der Waals surface area contributed by atoms with Crippen LogP contribution in [-0.4, -0.2) is 0 Å². The summed E-state index contributed by atoms with van der Waals surface area (Å²) in [5, 5.41) is 0. The lowest BCUT2D eigenvalue weighted by molar-refractivity contribution is 1.24. The lowest BCUT2D eigenvalue weighted by Gasteiger charge is -1.99. The molecule has 0 amide bonds. The van der Waals surface area contributed by atoms with Gasteiger partial charge in [0.15, 0.2) is 0 Å². The minimum Gasteiger partial charge on any atom is -0.0844 e. The number of benzene rings is 2.